The molecule has 0 aliphatic heterocycles. The van der Waals surface area contributed by atoms with Gasteiger partial charge >= 0.3 is 0 Å². The minimum Gasteiger partial charge on any atom is -0.348 e. The number of hydrogen-bond acceptors (Lipinski definition) is 3. The third-order valence-corrected chi connectivity index (χ3v) is 6.14. The van der Waals surface area contributed by atoms with E-state index in [4.69, 9.17) is 0 Å². The molecule has 2 aromatic rings. The molecule has 5 nitrogen and oxygen atoms in total. The van der Waals surface area contributed by atoms with Crippen LogP contribution in [0.2, 0.25) is 0 Å². The lowest BCUT2D eigenvalue weighted by molar-refractivity contribution is -0.125. The van der Waals surface area contributed by atoms with Gasteiger partial charge in [-0.05, 0) is 29.0 Å². The van der Waals surface area contributed by atoms with Gasteiger partial charge in [-0.1, -0.05) is 75.4 Å². The summed E-state index contributed by atoms with van der Waals surface area (Å²) in [6, 6.07) is 15.9. The van der Waals surface area contributed by atoms with Gasteiger partial charge in [-0.15, -0.1) is 0 Å². The van der Waals surface area contributed by atoms with Crippen LogP contribution in [0.25, 0.3) is 0 Å². The van der Waals surface area contributed by atoms with Crippen molar-refractivity contribution < 1.29 is 13.2 Å². The Kier molecular flexibility index (Phi) is 6.67. The predicted molar refractivity (Wildman–Crippen MR) is 113 cm³/mol. The van der Waals surface area contributed by atoms with Crippen molar-refractivity contribution in [3.05, 3.63) is 71.3 Å². The summed E-state index contributed by atoms with van der Waals surface area (Å²) in [7, 11) is -2.12. The van der Waals surface area contributed by atoms with E-state index in [1.54, 1.807) is 24.3 Å². The Labute approximate surface area is 168 Å². The number of likely N-dealkylation sites (N-methyl/N-ethyl adjacent to an activating group) is 1. The van der Waals surface area contributed by atoms with E-state index in [0.717, 1.165) is 16.1 Å². The fourth-order valence-corrected chi connectivity index (χ4v) is 3.60. The molecule has 2 rings (SSSR count). The van der Waals surface area contributed by atoms with E-state index in [1.165, 1.54) is 12.6 Å². The van der Waals surface area contributed by atoms with Gasteiger partial charge in [-0.2, -0.15) is 4.31 Å². The van der Waals surface area contributed by atoms with E-state index in [9.17, 15) is 13.2 Å². The summed E-state index contributed by atoms with van der Waals surface area (Å²) in [5.41, 5.74) is 2.87. The summed E-state index contributed by atoms with van der Waals surface area (Å²) in [4.78, 5) is 13.0. The Bertz CT molecular complexity index is 901. The third kappa shape index (κ3) is 5.42. The molecule has 0 saturated heterocycles. The smallest absolute Gasteiger partial charge is 0.243 e. The molecule has 0 aromatic heterocycles. The maximum absolute atomic E-state index is 13.0. The first kappa shape index (κ1) is 22.1. The second kappa shape index (κ2) is 8.45. The monoisotopic (exact) mass is 402 g/mol. The van der Waals surface area contributed by atoms with Crippen LogP contribution in [0.4, 0.5) is 0 Å². The predicted octanol–water partition coefficient (Wildman–Crippen LogP) is 3.79. The molecule has 0 unspecified atom stereocenters. The molecule has 0 aliphatic carbocycles. The number of hydrogen-bond donors (Lipinski definition) is 1. The van der Waals surface area contributed by atoms with Gasteiger partial charge in [-0.3, -0.25) is 4.79 Å². The standard InChI is InChI=1S/C22H30N2O3S/c1-16(17-12-14-19(15-13-17)22(2,3)4)23-21(25)20(24(5)28(6,26)27)18-10-8-7-9-11-18/h7-16,20H,1-6H3,(H,23,25)/t16-,20+/m1/s1. The van der Waals surface area contributed by atoms with Gasteiger partial charge < -0.3 is 5.32 Å². The van der Waals surface area contributed by atoms with Crippen molar-refractivity contribution in [2.24, 2.45) is 0 Å². The molecule has 0 fully saturated rings. The molecule has 152 valence electrons. The highest BCUT2D eigenvalue weighted by Crippen LogP contribution is 2.26. The number of carbonyl (C=O) groups is 1. The zero-order valence-corrected chi connectivity index (χ0v) is 18.2. The van der Waals surface area contributed by atoms with Crippen molar-refractivity contribution in [3.8, 4) is 0 Å². The summed E-state index contributed by atoms with van der Waals surface area (Å²) in [6.45, 7) is 8.35. The van der Waals surface area contributed by atoms with Crippen molar-refractivity contribution in [2.45, 2.75) is 45.2 Å². The maximum Gasteiger partial charge on any atom is 0.243 e. The van der Waals surface area contributed by atoms with Crippen LogP contribution >= 0.6 is 0 Å². The molecule has 0 aliphatic rings. The van der Waals surface area contributed by atoms with Gasteiger partial charge in [0, 0.05) is 7.05 Å². The van der Waals surface area contributed by atoms with Crippen LogP contribution in [0, 0.1) is 0 Å². The Morgan fingerprint density at radius 3 is 1.96 bits per heavy atom. The van der Waals surface area contributed by atoms with Crippen LogP contribution in [0.15, 0.2) is 54.6 Å². The van der Waals surface area contributed by atoms with Gasteiger partial charge in [-0.25, -0.2) is 8.42 Å². The number of carbonyl (C=O) groups excluding carboxylic acids is 1. The van der Waals surface area contributed by atoms with Crippen molar-refractivity contribution in [3.63, 3.8) is 0 Å². The number of sulfonamides is 1. The summed E-state index contributed by atoms with van der Waals surface area (Å²) in [5.74, 6) is -0.355. The van der Waals surface area contributed by atoms with E-state index >= 15 is 0 Å². The van der Waals surface area contributed by atoms with E-state index in [1.807, 2.05) is 25.1 Å². The largest absolute Gasteiger partial charge is 0.348 e. The minimum absolute atomic E-state index is 0.0572. The average molecular weight is 403 g/mol. The van der Waals surface area contributed by atoms with Gasteiger partial charge in [0.05, 0.1) is 12.3 Å². The van der Waals surface area contributed by atoms with Crippen LogP contribution in [-0.2, 0) is 20.2 Å². The van der Waals surface area contributed by atoms with Crippen molar-refractivity contribution >= 4 is 15.9 Å². The number of nitrogens with one attached hydrogen (secondary N) is 1. The Morgan fingerprint density at radius 2 is 1.50 bits per heavy atom. The van der Waals surface area contributed by atoms with Crippen LogP contribution in [0.1, 0.15) is 56.5 Å². The second-order valence-corrected chi connectivity index (χ2v) is 10.2. The second-order valence-electron chi connectivity index (χ2n) is 8.19. The zero-order chi connectivity index (χ0) is 21.1. The molecular weight excluding hydrogens is 372 g/mol. The van der Waals surface area contributed by atoms with Crippen molar-refractivity contribution in [2.75, 3.05) is 13.3 Å². The van der Waals surface area contributed by atoms with Crippen molar-refractivity contribution in [1.29, 1.82) is 0 Å². The quantitative estimate of drug-likeness (QED) is 0.799. The van der Waals surface area contributed by atoms with Gasteiger partial charge in [0.25, 0.3) is 0 Å². The SMILES string of the molecule is C[C@@H](NC(=O)[C@H](c1ccccc1)N(C)S(C)(=O)=O)c1ccc(C(C)(C)C)cc1. The van der Waals surface area contributed by atoms with Crippen LogP contribution in [-0.4, -0.2) is 31.9 Å². The van der Waals surface area contributed by atoms with Crippen molar-refractivity contribution in [1.82, 2.24) is 9.62 Å². The molecule has 0 radical (unpaired) electrons. The molecule has 1 amide bonds. The molecular formula is C22H30N2O3S. The highest BCUT2D eigenvalue weighted by molar-refractivity contribution is 7.88. The molecule has 1 N–H and O–H groups in total. The normalized spacial score (nSPS) is 14.5. The summed E-state index contributed by atoms with van der Waals surface area (Å²) in [5, 5.41) is 2.96. The molecule has 0 bridgehead atoms. The summed E-state index contributed by atoms with van der Waals surface area (Å²) < 4.78 is 25.3. The number of rotatable bonds is 6. The minimum atomic E-state index is -3.55. The van der Waals surface area contributed by atoms with E-state index < -0.39 is 16.1 Å². The lowest BCUT2D eigenvalue weighted by atomic mass is 9.86. The number of nitrogens with zero attached hydrogens (tertiary/aromatic N) is 1. The molecule has 28 heavy (non-hydrogen) atoms. The molecule has 0 spiro atoms. The Hall–Kier alpha value is -2.18. The fourth-order valence-electron chi connectivity index (χ4n) is 3.00. The summed E-state index contributed by atoms with van der Waals surface area (Å²) in [6.07, 6.45) is 1.10. The zero-order valence-electron chi connectivity index (χ0n) is 17.4. The first-order valence-electron chi connectivity index (χ1n) is 9.30. The van der Waals surface area contributed by atoms with E-state index in [0.29, 0.717) is 5.56 Å². The molecule has 2 aromatic carbocycles. The lowest BCUT2D eigenvalue weighted by Gasteiger charge is -2.27. The molecule has 0 heterocycles. The number of benzene rings is 2. The summed E-state index contributed by atoms with van der Waals surface area (Å²) >= 11 is 0. The third-order valence-electron chi connectivity index (χ3n) is 4.89. The average Bonchev–Trinajstić information content (AvgIpc) is 2.61. The lowest BCUT2D eigenvalue weighted by Crippen LogP contribution is -2.42. The first-order chi connectivity index (χ1) is 12.9. The molecule has 2 atom stereocenters. The van der Waals surface area contributed by atoms with E-state index in [2.05, 4.69) is 38.2 Å². The number of amides is 1. The Morgan fingerprint density at radius 1 is 0.964 bits per heavy atom. The van der Waals surface area contributed by atoms with Gasteiger partial charge in [0.2, 0.25) is 15.9 Å². The highest BCUT2D eigenvalue weighted by Gasteiger charge is 2.31. The Balaban J connectivity index is 2.25. The fraction of sp³-hybridized carbons (Fsp3) is 0.409. The highest BCUT2D eigenvalue weighted by atomic mass is 32.2. The molecule has 6 heteroatoms. The topological polar surface area (TPSA) is 66.5 Å². The van der Waals surface area contributed by atoms with Gasteiger partial charge in [0.1, 0.15) is 6.04 Å². The maximum atomic E-state index is 13.0. The van der Waals surface area contributed by atoms with Crippen LogP contribution in [0.3, 0.4) is 0 Å². The van der Waals surface area contributed by atoms with Crippen LogP contribution in [0.5, 0.6) is 0 Å². The van der Waals surface area contributed by atoms with Crippen LogP contribution < -0.4 is 5.32 Å². The van der Waals surface area contributed by atoms with Gasteiger partial charge in [0.15, 0.2) is 0 Å². The first-order valence-corrected chi connectivity index (χ1v) is 11.1. The van der Waals surface area contributed by atoms with E-state index in [-0.39, 0.29) is 17.4 Å². The molecule has 0 saturated carbocycles.